The quantitative estimate of drug-likeness (QED) is 0.511. The number of benzene rings is 3. The summed E-state index contributed by atoms with van der Waals surface area (Å²) in [6.45, 7) is 2.12. The number of hydrogen-bond donors (Lipinski definition) is 0. The van der Waals surface area contributed by atoms with Gasteiger partial charge in [-0.3, -0.25) is 4.57 Å². The van der Waals surface area contributed by atoms with Gasteiger partial charge in [0.25, 0.3) is 0 Å². The molecule has 1 heterocycles. The fourth-order valence-electron chi connectivity index (χ4n) is 3.13. The second-order valence-corrected chi connectivity index (χ2v) is 6.17. The van der Waals surface area contributed by atoms with Crippen LogP contribution in [-0.2, 0) is 12.8 Å². The van der Waals surface area contributed by atoms with E-state index < -0.39 is 0 Å². The summed E-state index contributed by atoms with van der Waals surface area (Å²) in [6, 6.07) is 27.6. The summed E-state index contributed by atoms with van der Waals surface area (Å²) >= 11 is 0. The van der Waals surface area contributed by atoms with E-state index in [0.717, 1.165) is 24.2 Å². The largest absolute Gasteiger partial charge is 0.296 e. The van der Waals surface area contributed by atoms with Crippen molar-refractivity contribution in [3.8, 4) is 5.69 Å². The zero-order valence-corrected chi connectivity index (χ0v) is 13.8. The van der Waals surface area contributed by atoms with Crippen molar-refractivity contribution >= 4 is 11.0 Å². The van der Waals surface area contributed by atoms with Crippen LogP contribution in [0.25, 0.3) is 16.7 Å². The number of aromatic nitrogens is 2. The molecule has 3 aromatic carbocycles. The number of nitrogens with zero attached hydrogens (tertiary/aromatic N) is 2. The zero-order valence-electron chi connectivity index (χ0n) is 13.8. The molecule has 0 atom stereocenters. The van der Waals surface area contributed by atoms with Crippen LogP contribution in [0.5, 0.6) is 0 Å². The average Bonchev–Trinajstić information content (AvgIpc) is 3.00. The SMILES string of the molecule is Cc1ccc(-n2c(CCc3ccccc3)nc3ccccc32)cc1. The molecule has 118 valence electrons. The lowest BCUT2D eigenvalue weighted by Gasteiger charge is -2.10. The van der Waals surface area contributed by atoms with Gasteiger partial charge < -0.3 is 0 Å². The van der Waals surface area contributed by atoms with Crippen LogP contribution < -0.4 is 0 Å². The number of hydrogen-bond acceptors (Lipinski definition) is 1. The maximum Gasteiger partial charge on any atom is 0.114 e. The first-order chi connectivity index (χ1) is 11.8. The van der Waals surface area contributed by atoms with Gasteiger partial charge in [-0.1, -0.05) is 60.2 Å². The van der Waals surface area contributed by atoms with Gasteiger partial charge in [0.05, 0.1) is 11.0 Å². The third kappa shape index (κ3) is 2.83. The van der Waals surface area contributed by atoms with Gasteiger partial charge in [-0.25, -0.2) is 4.98 Å². The number of aryl methyl sites for hydroxylation is 3. The molecule has 0 spiro atoms. The predicted molar refractivity (Wildman–Crippen MR) is 99.7 cm³/mol. The van der Waals surface area contributed by atoms with Crippen molar-refractivity contribution in [2.75, 3.05) is 0 Å². The van der Waals surface area contributed by atoms with Gasteiger partial charge in [0, 0.05) is 12.1 Å². The summed E-state index contributed by atoms with van der Waals surface area (Å²) < 4.78 is 2.29. The Balaban J connectivity index is 1.76. The highest BCUT2D eigenvalue weighted by molar-refractivity contribution is 5.78. The molecule has 0 amide bonds. The molecular weight excluding hydrogens is 292 g/mol. The molecule has 0 N–H and O–H groups in total. The van der Waals surface area contributed by atoms with E-state index in [0.29, 0.717) is 0 Å². The first-order valence-corrected chi connectivity index (χ1v) is 8.38. The average molecular weight is 312 g/mol. The van der Waals surface area contributed by atoms with Gasteiger partial charge in [-0.05, 0) is 43.2 Å². The second-order valence-electron chi connectivity index (χ2n) is 6.17. The molecule has 0 radical (unpaired) electrons. The van der Waals surface area contributed by atoms with E-state index in [1.165, 1.54) is 22.3 Å². The maximum absolute atomic E-state index is 4.89. The highest BCUT2D eigenvalue weighted by atomic mass is 15.1. The lowest BCUT2D eigenvalue weighted by molar-refractivity contribution is 0.839. The molecule has 0 saturated carbocycles. The van der Waals surface area contributed by atoms with Gasteiger partial charge in [-0.2, -0.15) is 0 Å². The molecule has 0 unspecified atom stereocenters. The lowest BCUT2D eigenvalue weighted by Crippen LogP contribution is -2.03. The Morgan fingerprint density at radius 1 is 0.750 bits per heavy atom. The minimum Gasteiger partial charge on any atom is -0.296 e. The molecule has 2 nitrogen and oxygen atoms in total. The van der Waals surface area contributed by atoms with Crippen LogP contribution >= 0.6 is 0 Å². The zero-order chi connectivity index (χ0) is 16.4. The van der Waals surface area contributed by atoms with E-state index in [4.69, 9.17) is 4.98 Å². The molecular formula is C22H20N2. The standard InChI is InChI=1S/C22H20N2/c1-17-11-14-19(15-12-17)24-21-10-6-5-9-20(21)23-22(24)16-13-18-7-3-2-4-8-18/h2-12,14-15H,13,16H2,1H3. The highest BCUT2D eigenvalue weighted by Gasteiger charge is 2.12. The molecule has 0 fully saturated rings. The molecule has 1 aromatic heterocycles. The first kappa shape index (κ1) is 14.7. The molecule has 0 bridgehead atoms. The fourth-order valence-corrected chi connectivity index (χ4v) is 3.13. The van der Waals surface area contributed by atoms with Crippen LogP contribution in [0.2, 0.25) is 0 Å². The van der Waals surface area contributed by atoms with Crippen LogP contribution in [0.15, 0.2) is 78.9 Å². The molecule has 4 aromatic rings. The monoisotopic (exact) mass is 312 g/mol. The van der Waals surface area contributed by atoms with Crippen LogP contribution in [0.1, 0.15) is 17.0 Å². The number of fused-ring (bicyclic) bond motifs is 1. The lowest BCUT2D eigenvalue weighted by atomic mass is 10.1. The molecule has 0 aliphatic heterocycles. The molecule has 4 rings (SSSR count). The Bertz CT molecular complexity index is 950. The minimum atomic E-state index is 0.923. The molecule has 24 heavy (non-hydrogen) atoms. The van der Waals surface area contributed by atoms with E-state index in [-0.39, 0.29) is 0 Å². The molecule has 2 heteroatoms. The van der Waals surface area contributed by atoms with Crippen LogP contribution in [0.3, 0.4) is 0 Å². The van der Waals surface area contributed by atoms with Crippen molar-refractivity contribution in [3.05, 3.63) is 95.8 Å². The molecule has 0 aliphatic carbocycles. The second kappa shape index (κ2) is 6.32. The van der Waals surface area contributed by atoms with Crippen LogP contribution in [0.4, 0.5) is 0 Å². The topological polar surface area (TPSA) is 17.8 Å². The maximum atomic E-state index is 4.89. The van der Waals surface area contributed by atoms with Crippen molar-refractivity contribution in [2.24, 2.45) is 0 Å². The van der Waals surface area contributed by atoms with E-state index in [1.54, 1.807) is 0 Å². The summed E-state index contributed by atoms with van der Waals surface area (Å²) in [5, 5.41) is 0. The van der Waals surface area contributed by atoms with Crippen LogP contribution in [-0.4, -0.2) is 9.55 Å². The van der Waals surface area contributed by atoms with E-state index in [2.05, 4.69) is 90.4 Å². The van der Waals surface area contributed by atoms with Gasteiger partial charge in [0.15, 0.2) is 0 Å². The Morgan fingerprint density at radius 3 is 2.25 bits per heavy atom. The summed E-state index contributed by atoms with van der Waals surface area (Å²) in [6.07, 6.45) is 1.92. The summed E-state index contributed by atoms with van der Waals surface area (Å²) in [5.41, 5.74) is 6.02. The number of para-hydroxylation sites is 2. The van der Waals surface area contributed by atoms with Crippen molar-refractivity contribution < 1.29 is 0 Å². The van der Waals surface area contributed by atoms with Crippen molar-refractivity contribution in [2.45, 2.75) is 19.8 Å². The highest BCUT2D eigenvalue weighted by Crippen LogP contribution is 2.23. The van der Waals surface area contributed by atoms with Crippen molar-refractivity contribution in [1.82, 2.24) is 9.55 Å². The summed E-state index contributed by atoms with van der Waals surface area (Å²) in [4.78, 5) is 4.89. The van der Waals surface area contributed by atoms with E-state index in [9.17, 15) is 0 Å². The molecule has 0 aliphatic rings. The number of rotatable bonds is 4. The third-order valence-corrected chi connectivity index (χ3v) is 4.40. The summed E-state index contributed by atoms with van der Waals surface area (Å²) in [5.74, 6) is 1.11. The fraction of sp³-hybridized carbons (Fsp3) is 0.136. The third-order valence-electron chi connectivity index (χ3n) is 4.40. The normalized spacial score (nSPS) is 11.0. The minimum absolute atomic E-state index is 0.923. The van der Waals surface area contributed by atoms with Gasteiger partial charge >= 0.3 is 0 Å². The van der Waals surface area contributed by atoms with Gasteiger partial charge in [0.2, 0.25) is 0 Å². The Kier molecular flexibility index (Phi) is 3.87. The first-order valence-electron chi connectivity index (χ1n) is 8.38. The van der Waals surface area contributed by atoms with Crippen LogP contribution in [0, 0.1) is 6.92 Å². The Morgan fingerprint density at radius 2 is 1.46 bits per heavy atom. The molecule has 0 saturated heterocycles. The van der Waals surface area contributed by atoms with E-state index in [1.807, 2.05) is 0 Å². The smallest absolute Gasteiger partial charge is 0.114 e. The van der Waals surface area contributed by atoms with Gasteiger partial charge in [0.1, 0.15) is 5.82 Å². The summed E-state index contributed by atoms with van der Waals surface area (Å²) in [7, 11) is 0. The Labute approximate surface area is 142 Å². The van der Waals surface area contributed by atoms with E-state index >= 15 is 0 Å². The van der Waals surface area contributed by atoms with Crippen molar-refractivity contribution in [3.63, 3.8) is 0 Å². The Hall–Kier alpha value is -2.87. The number of imidazole rings is 1. The predicted octanol–water partition coefficient (Wildman–Crippen LogP) is 5.12. The van der Waals surface area contributed by atoms with Crippen molar-refractivity contribution in [1.29, 1.82) is 0 Å². The van der Waals surface area contributed by atoms with Gasteiger partial charge in [-0.15, -0.1) is 0 Å².